The number of carbonyl (C=O) groups is 2. The molecule has 0 saturated carbocycles. The van der Waals surface area contributed by atoms with Gasteiger partial charge in [0.2, 0.25) is 11.8 Å². The fourth-order valence-corrected chi connectivity index (χ4v) is 3.09. The number of carbonyl (C=O) groups excluding carboxylic acids is 2. The molecule has 0 bridgehead atoms. The predicted molar refractivity (Wildman–Crippen MR) is 102 cm³/mol. The number of methoxy groups -OCH3 is 1. The Morgan fingerprint density at radius 2 is 1.73 bits per heavy atom. The quantitative estimate of drug-likeness (QED) is 0.749. The summed E-state index contributed by atoms with van der Waals surface area (Å²) in [7, 11) is 1.64. The molecule has 1 heterocycles. The van der Waals surface area contributed by atoms with E-state index in [0.717, 1.165) is 37.4 Å². The van der Waals surface area contributed by atoms with Crippen molar-refractivity contribution in [1.82, 2.24) is 15.1 Å². The third-order valence-corrected chi connectivity index (χ3v) is 5.07. The zero-order valence-electron chi connectivity index (χ0n) is 16.4. The standard InChI is InChI=1S/C20H31N3O3/c1-5-22-12-14-23(15-13-22)19(25)20(2,3)18(24)21-11-10-16-6-8-17(26-4)9-7-16/h6-9H,5,10-15H2,1-4H3,(H,21,24). The van der Waals surface area contributed by atoms with E-state index in [2.05, 4.69) is 17.1 Å². The number of amides is 2. The van der Waals surface area contributed by atoms with E-state index < -0.39 is 5.41 Å². The van der Waals surface area contributed by atoms with Crippen molar-refractivity contribution >= 4 is 11.8 Å². The molecule has 26 heavy (non-hydrogen) atoms. The average Bonchev–Trinajstić information content (AvgIpc) is 2.67. The first-order valence-corrected chi connectivity index (χ1v) is 9.31. The molecule has 1 fully saturated rings. The molecular formula is C20H31N3O3. The van der Waals surface area contributed by atoms with Crippen LogP contribution in [0.3, 0.4) is 0 Å². The molecule has 0 spiro atoms. The van der Waals surface area contributed by atoms with E-state index in [9.17, 15) is 9.59 Å². The van der Waals surface area contributed by atoms with Crippen molar-refractivity contribution in [2.45, 2.75) is 27.2 Å². The summed E-state index contributed by atoms with van der Waals surface area (Å²) in [5, 5.41) is 2.91. The number of hydrogen-bond donors (Lipinski definition) is 1. The second kappa shape index (κ2) is 9.03. The SMILES string of the molecule is CCN1CCN(C(=O)C(C)(C)C(=O)NCCc2ccc(OC)cc2)CC1. The number of likely N-dealkylation sites (N-methyl/N-ethyl adjacent to an activating group) is 1. The lowest BCUT2D eigenvalue weighted by Crippen LogP contribution is -2.55. The van der Waals surface area contributed by atoms with E-state index in [4.69, 9.17) is 4.74 Å². The van der Waals surface area contributed by atoms with E-state index in [-0.39, 0.29) is 11.8 Å². The van der Waals surface area contributed by atoms with Gasteiger partial charge in [-0.05, 0) is 44.5 Å². The predicted octanol–water partition coefficient (Wildman–Crippen LogP) is 1.54. The fraction of sp³-hybridized carbons (Fsp3) is 0.600. The van der Waals surface area contributed by atoms with Crippen molar-refractivity contribution in [2.75, 3.05) is 46.4 Å². The van der Waals surface area contributed by atoms with Gasteiger partial charge in [0.05, 0.1) is 7.11 Å². The van der Waals surface area contributed by atoms with Gasteiger partial charge in [-0.3, -0.25) is 9.59 Å². The van der Waals surface area contributed by atoms with Crippen molar-refractivity contribution in [3.05, 3.63) is 29.8 Å². The van der Waals surface area contributed by atoms with Gasteiger partial charge in [-0.1, -0.05) is 19.1 Å². The van der Waals surface area contributed by atoms with Crippen molar-refractivity contribution in [3.63, 3.8) is 0 Å². The molecular weight excluding hydrogens is 330 g/mol. The van der Waals surface area contributed by atoms with E-state index >= 15 is 0 Å². The molecule has 144 valence electrons. The first-order chi connectivity index (χ1) is 12.4. The number of nitrogens with zero attached hydrogens (tertiary/aromatic N) is 2. The van der Waals surface area contributed by atoms with Crippen LogP contribution in [0.1, 0.15) is 26.3 Å². The summed E-state index contributed by atoms with van der Waals surface area (Å²) in [4.78, 5) is 29.5. The minimum atomic E-state index is -1.05. The lowest BCUT2D eigenvalue weighted by molar-refractivity contribution is -0.149. The topological polar surface area (TPSA) is 61.9 Å². The molecule has 1 aliphatic rings. The Labute approximate surface area is 156 Å². The average molecular weight is 361 g/mol. The van der Waals surface area contributed by atoms with Crippen LogP contribution in [-0.4, -0.2) is 68.0 Å². The van der Waals surface area contributed by atoms with Gasteiger partial charge in [-0.2, -0.15) is 0 Å². The van der Waals surface area contributed by atoms with Crippen LogP contribution < -0.4 is 10.1 Å². The third kappa shape index (κ3) is 4.97. The van der Waals surface area contributed by atoms with Crippen molar-refractivity contribution in [1.29, 1.82) is 0 Å². The zero-order valence-corrected chi connectivity index (χ0v) is 16.4. The number of piperazine rings is 1. The maximum Gasteiger partial charge on any atom is 0.237 e. The lowest BCUT2D eigenvalue weighted by Gasteiger charge is -2.37. The fourth-order valence-electron chi connectivity index (χ4n) is 3.09. The van der Waals surface area contributed by atoms with Gasteiger partial charge in [0, 0.05) is 32.7 Å². The minimum Gasteiger partial charge on any atom is -0.497 e. The molecule has 2 amide bonds. The first kappa shape index (κ1) is 20.2. The van der Waals surface area contributed by atoms with E-state index in [1.807, 2.05) is 29.2 Å². The first-order valence-electron chi connectivity index (χ1n) is 9.31. The molecule has 0 aromatic heterocycles. The molecule has 0 unspecified atom stereocenters. The van der Waals surface area contributed by atoms with Crippen LogP contribution in [0.5, 0.6) is 5.75 Å². The second-order valence-electron chi connectivity index (χ2n) is 7.21. The maximum absolute atomic E-state index is 12.8. The van der Waals surface area contributed by atoms with Crippen LogP contribution in [0.2, 0.25) is 0 Å². The third-order valence-electron chi connectivity index (χ3n) is 5.07. The largest absolute Gasteiger partial charge is 0.497 e. The summed E-state index contributed by atoms with van der Waals surface area (Å²) in [6.45, 7) is 10.2. The van der Waals surface area contributed by atoms with Gasteiger partial charge in [0.15, 0.2) is 0 Å². The Bertz CT molecular complexity index is 605. The number of hydrogen-bond acceptors (Lipinski definition) is 4. The van der Waals surface area contributed by atoms with Gasteiger partial charge >= 0.3 is 0 Å². The Morgan fingerprint density at radius 1 is 1.12 bits per heavy atom. The Kier molecular flexibility index (Phi) is 7.03. The molecule has 1 saturated heterocycles. The molecule has 0 radical (unpaired) electrons. The number of benzene rings is 1. The number of ether oxygens (including phenoxy) is 1. The van der Waals surface area contributed by atoms with Gasteiger partial charge in [0.25, 0.3) is 0 Å². The summed E-state index contributed by atoms with van der Waals surface area (Å²) in [5.74, 6) is 0.511. The number of nitrogens with one attached hydrogen (secondary N) is 1. The van der Waals surface area contributed by atoms with Crippen LogP contribution in [0.25, 0.3) is 0 Å². The summed E-state index contributed by atoms with van der Waals surface area (Å²) in [5.41, 5.74) is 0.0693. The van der Waals surface area contributed by atoms with Crippen LogP contribution in [0.4, 0.5) is 0 Å². The second-order valence-corrected chi connectivity index (χ2v) is 7.21. The maximum atomic E-state index is 12.8. The van der Waals surface area contributed by atoms with Crippen molar-refractivity contribution in [3.8, 4) is 5.75 Å². The summed E-state index contributed by atoms with van der Waals surface area (Å²) in [6.07, 6.45) is 0.717. The molecule has 1 aromatic rings. The lowest BCUT2D eigenvalue weighted by atomic mass is 9.90. The van der Waals surface area contributed by atoms with Crippen molar-refractivity contribution < 1.29 is 14.3 Å². The minimum absolute atomic E-state index is 0.0878. The van der Waals surface area contributed by atoms with Gasteiger partial charge in [-0.25, -0.2) is 0 Å². The molecule has 1 aromatic carbocycles. The zero-order chi connectivity index (χ0) is 19.2. The molecule has 1 aliphatic heterocycles. The highest BCUT2D eigenvalue weighted by Gasteiger charge is 2.39. The van der Waals surface area contributed by atoms with E-state index in [0.29, 0.717) is 19.6 Å². The summed E-state index contributed by atoms with van der Waals surface area (Å²) < 4.78 is 5.14. The Hall–Kier alpha value is -2.08. The summed E-state index contributed by atoms with van der Waals surface area (Å²) in [6, 6.07) is 7.77. The summed E-state index contributed by atoms with van der Waals surface area (Å²) >= 11 is 0. The van der Waals surface area contributed by atoms with Crippen LogP contribution >= 0.6 is 0 Å². The van der Waals surface area contributed by atoms with Crippen LogP contribution in [-0.2, 0) is 16.0 Å². The molecule has 0 aliphatic carbocycles. The van der Waals surface area contributed by atoms with E-state index in [1.165, 1.54) is 0 Å². The highest BCUT2D eigenvalue weighted by Crippen LogP contribution is 2.20. The molecule has 6 heteroatoms. The molecule has 0 atom stereocenters. The molecule has 2 rings (SSSR count). The number of rotatable bonds is 7. The van der Waals surface area contributed by atoms with Crippen molar-refractivity contribution in [2.24, 2.45) is 5.41 Å². The van der Waals surface area contributed by atoms with Crippen LogP contribution in [0, 0.1) is 5.41 Å². The van der Waals surface area contributed by atoms with Gasteiger partial charge in [0.1, 0.15) is 11.2 Å². The van der Waals surface area contributed by atoms with E-state index in [1.54, 1.807) is 21.0 Å². The van der Waals surface area contributed by atoms with Gasteiger partial charge in [-0.15, -0.1) is 0 Å². The Morgan fingerprint density at radius 3 is 2.27 bits per heavy atom. The monoisotopic (exact) mass is 361 g/mol. The smallest absolute Gasteiger partial charge is 0.237 e. The Balaban J connectivity index is 1.83. The highest BCUT2D eigenvalue weighted by atomic mass is 16.5. The van der Waals surface area contributed by atoms with Crippen LogP contribution in [0.15, 0.2) is 24.3 Å². The molecule has 1 N–H and O–H groups in total. The highest BCUT2D eigenvalue weighted by molar-refractivity contribution is 6.04. The molecule has 6 nitrogen and oxygen atoms in total. The van der Waals surface area contributed by atoms with Gasteiger partial charge < -0.3 is 19.9 Å². The normalized spacial score (nSPS) is 15.6.